The van der Waals surface area contributed by atoms with Gasteiger partial charge in [-0.05, 0) is 64.3 Å². The van der Waals surface area contributed by atoms with Crippen molar-refractivity contribution in [2.75, 3.05) is 39.8 Å². The standard InChI is InChI=1S/C22H37N5O/c1-17-9-10-21(28-17)20(26-12-5-6-13-26)15-24-22(23-2)25-18-11-14-27(16-18)19-7-3-4-8-19/h9-10,18-20H,3-8,11-16H2,1-2H3,(H2,23,24,25). The van der Waals surface area contributed by atoms with Gasteiger partial charge in [-0.3, -0.25) is 14.8 Å². The number of hydrogen-bond acceptors (Lipinski definition) is 4. The Labute approximate surface area is 169 Å². The highest BCUT2D eigenvalue weighted by molar-refractivity contribution is 5.80. The molecule has 1 aromatic heterocycles. The molecule has 0 bridgehead atoms. The summed E-state index contributed by atoms with van der Waals surface area (Å²) in [5.41, 5.74) is 0. The Bertz CT molecular complexity index is 645. The van der Waals surface area contributed by atoms with Gasteiger partial charge in [0.15, 0.2) is 5.96 Å². The van der Waals surface area contributed by atoms with Crippen molar-refractivity contribution in [1.29, 1.82) is 0 Å². The number of nitrogens with one attached hydrogen (secondary N) is 2. The second-order valence-corrected chi connectivity index (χ2v) is 8.72. The molecule has 28 heavy (non-hydrogen) atoms. The Morgan fingerprint density at radius 3 is 2.61 bits per heavy atom. The van der Waals surface area contributed by atoms with Gasteiger partial charge in [0.05, 0.1) is 6.04 Å². The Morgan fingerprint density at radius 2 is 1.93 bits per heavy atom. The minimum absolute atomic E-state index is 0.272. The van der Waals surface area contributed by atoms with Crippen LogP contribution < -0.4 is 10.6 Å². The van der Waals surface area contributed by atoms with Crippen molar-refractivity contribution in [2.45, 2.75) is 70.0 Å². The molecule has 1 aromatic rings. The molecule has 3 heterocycles. The third-order valence-corrected chi connectivity index (χ3v) is 6.76. The maximum atomic E-state index is 5.98. The summed E-state index contributed by atoms with van der Waals surface area (Å²) in [6, 6.07) is 5.80. The number of aliphatic imine (C=N–C) groups is 1. The van der Waals surface area contributed by atoms with Gasteiger partial charge in [-0.2, -0.15) is 0 Å². The van der Waals surface area contributed by atoms with Crippen LogP contribution in [0.3, 0.4) is 0 Å². The third kappa shape index (κ3) is 4.71. The van der Waals surface area contributed by atoms with Crippen LogP contribution in [0.15, 0.2) is 21.5 Å². The first-order valence-electron chi connectivity index (χ1n) is 11.2. The maximum Gasteiger partial charge on any atom is 0.191 e. The Morgan fingerprint density at radius 1 is 1.14 bits per heavy atom. The number of aryl methyl sites for hydroxylation is 1. The van der Waals surface area contributed by atoms with Gasteiger partial charge in [0.25, 0.3) is 0 Å². The van der Waals surface area contributed by atoms with Gasteiger partial charge in [0, 0.05) is 38.8 Å². The molecule has 6 heteroatoms. The molecule has 3 fully saturated rings. The highest BCUT2D eigenvalue weighted by Gasteiger charge is 2.31. The predicted molar refractivity (Wildman–Crippen MR) is 114 cm³/mol. The number of likely N-dealkylation sites (tertiary alicyclic amines) is 2. The summed E-state index contributed by atoms with van der Waals surface area (Å²) in [4.78, 5) is 9.73. The molecular weight excluding hydrogens is 350 g/mol. The van der Waals surface area contributed by atoms with E-state index >= 15 is 0 Å². The van der Waals surface area contributed by atoms with Crippen molar-refractivity contribution in [2.24, 2.45) is 4.99 Å². The molecule has 156 valence electrons. The smallest absolute Gasteiger partial charge is 0.191 e. The van der Waals surface area contributed by atoms with E-state index in [1.807, 2.05) is 14.0 Å². The van der Waals surface area contributed by atoms with Crippen LogP contribution in [0.2, 0.25) is 0 Å². The average Bonchev–Trinajstić information content (AvgIpc) is 3.48. The molecule has 2 atom stereocenters. The molecule has 2 saturated heterocycles. The van der Waals surface area contributed by atoms with Crippen molar-refractivity contribution in [1.82, 2.24) is 20.4 Å². The van der Waals surface area contributed by atoms with Crippen molar-refractivity contribution in [3.8, 4) is 0 Å². The van der Waals surface area contributed by atoms with E-state index in [9.17, 15) is 0 Å². The quantitative estimate of drug-likeness (QED) is 0.581. The van der Waals surface area contributed by atoms with E-state index in [2.05, 4.69) is 37.6 Å². The van der Waals surface area contributed by atoms with Crippen LogP contribution in [0.4, 0.5) is 0 Å². The van der Waals surface area contributed by atoms with Crippen LogP contribution in [0.1, 0.15) is 62.5 Å². The van der Waals surface area contributed by atoms with E-state index in [1.165, 1.54) is 51.5 Å². The summed E-state index contributed by atoms with van der Waals surface area (Å²) in [6.07, 6.45) is 9.37. The summed E-state index contributed by atoms with van der Waals surface area (Å²) >= 11 is 0. The van der Waals surface area contributed by atoms with Crippen LogP contribution in [0.25, 0.3) is 0 Å². The Kier molecular flexibility index (Phi) is 6.58. The van der Waals surface area contributed by atoms with E-state index < -0.39 is 0 Å². The first kappa shape index (κ1) is 19.8. The molecule has 0 radical (unpaired) electrons. The topological polar surface area (TPSA) is 56.0 Å². The molecule has 4 rings (SSSR count). The molecule has 2 N–H and O–H groups in total. The Hall–Kier alpha value is -1.53. The van der Waals surface area contributed by atoms with Crippen LogP contribution in [0.5, 0.6) is 0 Å². The molecule has 6 nitrogen and oxygen atoms in total. The summed E-state index contributed by atoms with van der Waals surface area (Å²) in [7, 11) is 1.88. The van der Waals surface area contributed by atoms with Crippen molar-refractivity contribution in [3.05, 3.63) is 23.7 Å². The molecule has 2 unspecified atom stereocenters. The van der Waals surface area contributed by atoms with E-state index in [1.54, 1.807) is 0 Å². The third-order valence-electron chi connectivity index (χ3n) is 6.76. The first-order valence-corrected chi connectivity index (χ1v) is 11.2. The second kappa shape index (κ2) is 9.31. The second-order valence-electron chi connectivity index (χ2n) is 8.72. The minimum Gasteiger partial charge on any atom is -0.465 e. The van der Waals surface area contributed by atoms with E-state index in [0.29, 0.717) is 6.04 Å². The van der Waals surface area contributed by atoms with Gasteiger partial charge in [0.1, 0.15) is 11.5 Å². The molecule has 3 aliphatic rings. The highest BCUT2D eigenvalue weighted by Crippen LogP contribution is 2.27. The van der Waals surface area contributed by atoms with Gasteiger partial charge in [-0.1, -0.05) is 12.8 Å². The molecule has 0 aromatic carbocycles. The fourth-order valence-electron chi connectivity index (χ4n) is 5.18. The monoisotopic (exact) mass is 387 g/mol. The molecule has 0 amide bonds. The molecule has 0 spiro atoms. The van der Waals surface area contributed by atoms with Crippen molar-refractivity contribution < 1.29 is 4.42 Å². The first-order chi connectivity index (χ1) is 13.7. The summed E-state index contributed by atoms with van der Waals surface area (Å²) in [5, 5.41) is 7.25. The zero-order chi connectivity index (χ0) is 19.3. The van der Waals surface area contributed by atoms with Gasteiger partial charge in [0.2, 0.25) is 0 Å². The molecule has 1 aliphatic carbocycles. The summed E-state index contributed by atoms with van der Waals surface area (Å²) < 4.78 is 5.98. The predicted octanol–water partition coefficient (Wildman–Crippen LogP) is 2.91. The van der Waals surface area contributed by atoms with Crippen LogP contribution in [-0.2, 0) is 0 Å². The average molecular weight is 388 g/mol. The number of nitrogens with zero attached hydrogens (tertiary/aromatic N) is 3. The number of furan rings is 1. The number of guanidine groups is 1. The maximum absolute atomic E-state index is 5.98. The Balaban J connectivity index is 1.31. The molecular formula is C22H37N5O. The zero-order valence-corrected chi connectivity index (χ0v) is 17.6. The molecule has 1 saturated carbocycles. The van der Waals surface area contributed by atoms with Gasteiger partial charge >= 0.3 is 0 Å². The van der Waals surface area contributed by atoms with Crippen molar-refractivity contribution in [3.63, 3.8) is 0 Å². The SMILES string of the molecule is CN=C(NCC(c1ccc(C)o1)N1CCCC1)NC1CCN(C2CCCC2)C1. The lowest BCUT2D eigenvalue weighted by atomic mass is 10.2. The number of hydrogen-bond donors (Lipinski definition) is 2. The van der Waals surface area contributed by atoms with Gasteiger partial charge in [-0.15, -0.1) is 0 Å². The fraction of sp³-hybridized carbons (Fsp3) is 0.773. The van der Waals surface area contributed by atoms with Crippen molar-refractivity contribution >= 4 is 5.96 Å². The number of rotatable bonds is 6. The normalized spacial score (nSPS) is 26.2. The zero-order valence-electron chi connectivity index (χ0n) is 17.6. The minimum atomic E-state index is 0.272. The largest absolute Gasteiger partial charge is 0.465 e. The highest BCUT2D eigenvalue weighted by atomic mass is 16.3. The van der Waals surface area contributed by atoms with E-state index in [-0.39, 0.29) is 6.04 Å². The lowest BCUT2D eigenvalue weighted by molar-refractivity contribution is 0.213. The van der Waals surface area contributed by atoms with E-state index in [4.69, 9.17) is 4.42 Å². The fourth-order valence-corrected chi connectivity index (χ4v) is 5.18. The van der Waals surface area contributed by atoms with Gasteiger partial charge < -0.3 is 15.1 Å². The summed E-state index contributed by atoms with van der Waals surface area (Å²) in [6.45, 7) is 7.52. The van der Waals surface area contributed by atoms with Crippen LogP contribution >= 0.6 is 0 Å². The van der Waals surface area contributed by atoms with Crippen LogP contribution in [0, 0.1) is 6.92 Å². The molecule has 2 aliphatic heterocycles. The van der Waals surface area contributed by atoms with E-state index in [0.717, 1.165) is 49.7 Å². The lowest BCUT2D eigenvalue weighted by Gasteiger charge is -2.27. The summed E-state index contributed by atoms with van der Waals surface area (Å²) in [5.74, 6) is 2.97. The van der Waals surface area contributed by atoms with Gasteiger partial charge in [-0.25, -0.2) is 0 Å². The van der Waals surface area contributed by atoms with Crippen LogP contribution in [-0.4, -0.2) is 67.6 Å². The lowest BCUT2D eigenvalue weighted by Crippen LogP contribution is -2.47.